The van der Waals surface area contributed by atoms with E-state index in [4.69, 9.17) is 0 Å². The zero-order valence-electron chi connectivity index (χ0n) is 23.9. The third-order valence-corrected chi connectivity index (χ3v) is 14.5. The topological polar surface area (TPSA) is 0 Å². The summed E-state index contributed by atoms with van der Waals surface area (Å²) in [6, 6.07) is 0. The van der Waals surface area contributed by atoms with E-state index in [2.05, 4.69) is 55.4 Å². The Balaban J connectivity index is 1.45. The highest BCUT2D eigenvalue weighted by Gasteiger charge is 2.70. The van der Waals surface area contributed by atoms with Gasteiger partial charge in [0.25, 0.3) is 0 Å². The van der Waals surface area contributed by atoms with Gasteiger partial charge in [0, 0.05) is 0 Å². The molecule has 0 aromatic rings. The number of hydrogen-bond donors (Lipinski definition) is 0. The molecule has 0 saturated heterocycles. The van der Waals surface area contributed by atoms with Gasteiger partial charge in [0.2, 0.25) is 0 Å². The third-order valence-electron chi connectivity index (χ3n) is 14.5. The molecule has 0 bridgehead atoms. The van der Waals surface area contributed by atoms with Gasteiger partial charge in [0.1, 0.15) is 0 Å². The fourth-order valence-electron chi connectivity index (χ4n) is 12.8. The largest absolute Gasteiger partial charge is 0.0654 e. The molecule has 0 aromatic carbocycles. The van der Waals surface area contributed by atoms with Gasteiger partial charge in [-0.05, 0) is 127 Å². The normalized spacial score (nSPS) is 54.0. The molecule has 5 aliphatic carbocycles. The number of rotatable bonds is 4. The van der Waals surface area contributed by atoms with Crippen LogP contribution >= 0.6 is 0 Å². The molecule has 0 radical (unpaired) electrons. The molecule has 0 aliphatic heterocycles. The predicted molar refractivity (Wildman–Crippen MR) is 143 cm³/mol. The van der Waals surface area contributed by atoms with Gasteiger partial charge in [-0.15, -0.1) is 0 Å². The molecule has 0 heteroatoms. The lowest BCUT2D eigenvalue weighted by atomic mass is 9.32. The molecule has 33 heavy (non-hydrogen) atoms. The fourth-order valence-corrected chi connectivity index (χ4v) is 12.8. The van der Waals surface area contributed by atoms with Crippen molar-refractivity contribution in [1.29, 1.82) is 0 Å². The summed E-state index contributed by atoms with van der Waals surface area (Å²) >= 11 is 0. The lowest BCUT2D eigenvalue weighted by Gasteiger charge is -2.73. The van der Waals surface area contributed by atoms with E-state index in [1.165, 1.54) is 77.0 Å². The van der Waals surface area contributed by atoms with Crippen molar-refractivity contribution >= 4 is 0 Å². The summed E-state index contributed by atoms with van der Waals surface area (Å²) in [6.45, 7) is 21.5. The monoisotopic (exact) mass is 454 g/mol. The smallest absolute Gasteiger partial charge is 0.0235 e. The van der Waals surface area contributed by atoms with Crippen molar-refractivity contribution in [2.75, 3.05) is 0 Å². The number of fused-ring (bicyclic) bond motifs is 7. The molecule has 0 aromatic heterocycles. The first-order chi connectivity index (χ1) is 15.4. The first-order valence-corrected chi connectivity index (χ1v) is 15.4. The highest BCUT2D eigenvalue weighted by Crippen LogP contribution is 2.78. The van der Waals surface area contributed by atoms with Crippen LogP contribution in [-0.4, -0.2) is 0 Å². The molecule has 6 unspecified atom stereocenters. The highest BCUT2D eigenvalue weighted by molar-refractivity contribution is 5.19. The van der Waals surface area contributed by atoms with Gasteiger partial charge in [-0.3, -0.25) is 0 Å². The van der Waals surface area contributed by atoms with Crippen LogP contribution in [-0.2, 0) is 0 Å². The molecule has 0 spiro atoms. The van der Waals surface area contributed by atoms with E-state index in [0.717, 1.165) is 35.5 Å². The molecule has 0 heterocycles. The molecule has 5 saturated carbocycles. The summed E-state index contributed by atoms with van der Waals surface area (Å²) in [5.41, 5.74) is 2.90. The standard InChI is InChI=1S/C33H58/c1-9-10-12-23(2)24-15-20-30(5)25(24)16-21-32(7)27(30)13-14-28-31(6)19-11-18-29(3,4)26(31)17-22-33(28,32)8/h23-28H,9-22H2,1-8H3/t23?,24?,25?,26?,27?,28?,30-,31-,32+,33+/m0/s1. The van der Waals surface area contributed by atoms with Gasteiger partial charge in [-0.2, -0.15) is 0 Å². The Bertz CT molecular complexity index is 734. The fraction of sp³-hybridized carbons (Fsp3) is 1.00. The van der Waals surface area contributed by atoms with Crippen molar-refractivity contribution in [3.63, 3.8) is 0 Å². The van der Waals surface area contributed by atoms with Crippen molar-refractivity contribution in [2.45, 2.75) is 145 Å². The lowest BCUT2D eigenvalue weighted by Crippen LogP contribution is -2.65. The van der Waals surface area contributed by atoms with Crippen LogP contribution in [0.3, 0.4) is 0 Å². The van der Waals surface area contributed by atoms with Crippen LogP contribution in [0.4, 0.5) is 0 Å². The Hall–Kier alpha value is 0. The Labute approximate surface area is 207 Å². The first-order valence-electron chi connectivity index (χ1n) is 15.4. The quantitative estimate of drug-likeness (QED) is 0.396. The summed E-state index contributed by atoms with van der Waals surface area (Å²) in [6.07, 6.45) is 21.0. The zero-order valence-corrected chi connectivity index (χ0v) is 23.9. The molecular formula is C33H58. The van der Waals surface area contributed by atoms with Crippen LogP contribution < -0.4 is 0 Å². The Morgan fingerprint density at radius 1 is 0.667 bits per heavy atom. The Morgan fingerprint density at radius 3 is 1.97 bits per heavy atom. The minimum Gasteiger partial charge on any atom is -0.0654 e. The predicted octanol–water partition coefficient (Wildman–Crippen LogP) is 10.3. The minimum atomic E-state index is 0.559. The maximum absolute atomic E-state index is 2.83. The summed E-state index contributed by atoms with van der Waals surface area (Å²) < 4.78 is 0. The van der Waals surface area contributed by atoms with Crippen LogP contribution in [0.25, 0.3) is 0 Å². The van der Waals surface area contributed by atoms with Gasteiger partial charge in [0.15, 0.2) is 0 Å². The van der Waals surface area contributed by atoms with Crippen molar-refractivity contribution in [2.24, 2.45) is 62.6 Å². The number of unbranched alkanes of at least 4 members (excludes halogenated alkanes) is 1. The minimum absolute atomic E-state index is 0.559. The van der Waals surface area contributed by atoms with Crippen molar-refractivity contribution in [3.05, 3.63) is 0 Å². The average molecular weight is 455 g/mol. The van der Waals surface area contributed by atoms with E-state index in [0.29, 0.717) is 27.1 Å². The van der Waals surface area contributed by atoms with E-state index in [1.54, 1.807) is 12.8 Å². The Kier molecular flexibility index (Phi) is 5.98. The summed E-state index contributed by atoms with van der Waals surface area (Å²) in [5, 5.41) is 0. The zero-order chi connectivity index (χ0) is 23.9. The van der Waals surface area contributed by atoms with E-state index in [9.17, 15) is 0 Å². The lowest BCUT2D eigenvalue weighted by molar-refractivity contribution is -0.241. The van der Waals surface area contributed by atoms with Crippen molar-refractivity contribution in [3.8, 4) is 0 Å². The SMILES string of the molecule is CCCCC(C)C1CC[C@@]2(C)C1CC[C@]1(C)C2CCC2[C@@]3(C)CCCC(C)(C)C3CC[C@]21C. The second kappa shape index (κ2) is 8.00. The molecular weight excluding hydrogens is 396 g/mol. The third kappa shape index (κ3) is 3.26. The molecule has 5 rings (SSSR count). The summed E-state index contributed by atoms with van der Waals surface area (Å²) in [7, 11) is 0. The van der Waals surface area contributed by atoms with E-state index >= 15 is 0 Å². The van der Waals surface area contributed by atoms with Crippen LogP contribution in [0.5, 0.6) is 0 Å². The van der Waals surface area contributed by atoms with Crippen LogP contribution in [0.2, 0.25) is 0 Å². The van der Waals surface area contributed by atoms with E-state index < -0.39 is 0 Å². The second-order valence-corrected chi connectivity index (χ2v) is 15.9. The Morgan fingerprint density at radius 2 is 1.30 bits per heavy atom. The molecule has 190 valence electrons. The average Bonchev–Trinajstić information content (AvgIpc) is 3.09. The van der Waals surface area contributed by atoms with Gasteiger partial charge < -0.3 is 0 Å². The maximum atomic E-state index is 2.83. The molecule has 5 fully saturated rings. The van der Waals surface area contributed by atoms with Gasteiger partial charge in [-0.25, -0.2) is 0 Å². The van der Waals surface area contributed by atoms with Crippen molar-refractivity contribution < 1.29 is 0 Å². The van der Waals surface area contributed by atoms with Crippen molar-refractivity contribution in [1.82, 2.24) is 0 Å². The van der Waals surface area contributed by atoms with Crippen LogP contribution in [0, 0.1) is 62.6 Å². The summed E-state index contributed by atoms with van der Waals surface area (Å²) in [4.78, 5) is 0. The first kappa shape index (κ1) is 24.7. The summed E-state index contributed by atoms with van der Waals surface area (Å²) in [5.74, 6) is 5.88. The second-order valence-electron chi connectivity index (χ2n) is 15.9. The van der Waals surface area contributed by atoms with E-state index in [1.807, 2.05) is 0 Å². The van der Waals surface area contributed by atoms with Crippen LogP contribution in [0.1, 0.15) is 145 Å². The van der Waals surface area contributed by atoms with Gasteiger partial charge >= 0.3 is 0 Å². The molecule has 0 nitrogen and oxygen atoms in total. The van der Waals surface area contributed by atoms with Crippen LogP contribution in [0.15, 0.2) is 0 Å². The maximum Gasteiger partial charge on any atom is -0.0235 e. The number of hydrogen-bond acceptors (Lipinski definition) is 0. The molecule has 0 N–H and O–H groups in total. The van der Waals surface area contributed by atoms with Gasteiger partial charge in [0.05, 0.1) is 0 Å². The molecule has 5 aliphatic rings. The molecule has 10 atom stereocenters. The van der Waals surface area contributed by atoms with Gasteiger partial charge in [-0.1, -0.05) is 81.1 Å². The highest BCUT2D eigenvalue weighted by atomic mass is 14.7. The van der Waals surface area contributed by atoms with E-state index in [-0.39, 0.29) is 0 Å². The molecule has 0 amide bonds.